The van der Waals surface area contributed by atoms with Crippen molar-refractivity contribution in [1.29, 1.82) is 0 Å². The minimum atomic E-state index is -0.146. The van der Waals surface area contributed by atoms with E-state index in [9.17, 15) is 4.79 Å². The topological polar surface area (TPSA) is 88.6 Å². The zero-order chi connectivity index (χ0) is 26.4. The summed E-state index contributed by atoms with van der Waals surface area (Å²) in [5.74, 6) is 2.86. The molecular weight excluding hydrogens is 490 g/mol. The zero-order valence-electron chi connectivity index (χ0n) is 21.8. The van der Waals surface area contributed by atoms with Crippen molar-refractivity contribution >= 4 is 46.3 Å². The molecule has 1 aliphatic rings. The van der Waals surface area contributed by atoms with Crippen molar-refractivity contribution in [3.63, 3.8) is 0 Å². The van der Waals surface area contributed by atoms with Gasteiger partial charge in [-0.25, -0.2) is 4.98 Å². The molecule has 2 aromatic carbocycles. The normalized spacial score (nSPS) is 17.5. The van der Waals surface area contributed by atoms with E-state index in [1.165, 1.54) is 13.2 Å². The molecule has 1 heterocycles. The minimum absolute atomic E-state index is 0.146. The Morgan fingerprint density at radius 2 is 1.84 bits per heavy atom. The lowest BCUT2D eigenvalue weighted by Gasteiger charge is -2.29. The molecule has 4 rings (SSSR count). The summed E-state index contributed by atoms with van der Waals surface area (Å²) >= 11 is 6.39. The molecule has 0 spiro atoms. The second-order valence-electron chi connectivity index (χ2n) is 9.43. The highest BCUT2D eigenvalue weighted by Gasteiger charge is 2.22. The molecule has 196 valence electrons. The Morgan fingerprint density at radius 3 is 2.54 bits per heavy atom. The molecule has 2 N–H and O–H groups in total. The highest BCUT2D eigenvalue weighted by molar-refractivity contribution is 6.33. The number of fused-ring (bicyclic) bond motifs is 1. The van der Waals surface area contributed by atoms with Gasteiger partial charge >= 0.3 is 0 Å². The van der Waals surface area contributed by atoms with Gasteiger partial charge in [-0.05, 0) is 67.5 Å². The van der Waals surface area contributed by atoms with E-state index in [0.29, 0.717) is 46.5 Å². The Labute approximate surface area is 223 Å². The van der Waals surface area contributed by atoms with Gasteiger partial charge in [0.2, 0.25) is 11.9 Å². The first kappa shape index (κ1) is 26.5. The first-order valence-corrected chi connectivity index (χ1v) is 12.8. The number of benzene rings is 2. The van der Waals surface area contributed by atoms with Gasteiger partial charge in [-0.1, -0.05) is 23.7 Å². The third kappa shape index (κ3) is 6.43. The number of anilines is 2. The monoisotopic (exact) mass is 523 g/mol. The molecule has 1 amide bonds. The first-order chi connectivity index (χ1) is 17.9. The second kappa shape index (κ2) is 12.1. The zero-order valence-corrected chi connectivity index (χ0v) is 22.5. The lowest BCUT2D eigenvalue weighted by atomic mass is 9.86. The Morgan fingerprint density at radius 1 is 1.08 bits per heavy atom. The Hall–Kier alpha value is -3.52. The number of rotatable bonds is 9. The van der Waals surface area contributed by atoms with Gasteiger partial charge in [-0.3, -0.25) is 4.79 Å². The van der Waals surface area contributed by atoms with Gasteiger partial charge in [-0.15, -0.1) is 0 Å². The first-order valence-electron chi connectivity index (χ1n) is 12.5. The average molecular weight is 524 g/mol. The third-order valence-electron chi connectivity index (χ3n) is 6.68. The summed E-state index contributed by atoms with van der Waals surface area (Å²) in [5, 5.41) is 8.01. The fraction of sp³-hybridized carbons (Fsp3) is 0.393. The number of carbonyl (C=O) groups excluding carboxylic acids is 1. The number of amides is 1. The van der Waals surface area contributed by atoms with Crippen molar-refractivity contribution in [2.24, 2.45) is 5.92 Å². The van der Waals surface area contributed by atoms with Crippen molar-refractivity contribution in [3.8, 4) is 11.5 Å². The van der Waals surface area contributed by atoms with E-state index >= 15 is 0 Å². The summed E-state index contributed by atoms with van der Waals surface area (Å²) in [6.45, 7) is 0.646. The molecule has 0 radical (unpaired) electrons. The minimum Gasteiger partial charge on any atom is -0.493 e. The van der Waals surface area contributed by atoms with Crippen LogP contribution in [0, 0.1) is 5.92 Å². The molecule has 1 fully saturated rings. The number of nitrogens with one attached hydrogen (secondary N) is 2. The number of hydrogen-bond donors (Lipinski definition) is 2. The van der Waals surface area contributed by atoms with Crippen LogP contribution in [0.2, 0.25) is 5.02 Å². The lowest BCUT2D eigenvalue weighted by molar-refractivity contribution is -0.116. The van der Waals surface area contributed by atoms with Gasteiger partial charge < -0.3 is 25.0 Å². The molecule has 1 aliphatic carbocycles. The van der Waals surface area contributed by atoms with Crippen LogP contribution < -0.4 is 25.0 Å². The Bertz CT molecular complexity index is 1270. The van der Waals surface area contributed by atoms with Gasteiger partial charge in [0.05, 0.1) is 24.8 Å². The van der Waals surface area contributed by atoms with E-state index in [0.717, 1.165) is 42.4 Å². The SMILES string of the molecule is COc1ccc(/C=C/C(=O)NCC2CCC(Nc3nc(N(C)C)c4ccccc4n3)CC2)c(Cl)c1OC. The van der Waals surface area contributed by atoms with Crippen molar-refractivity contribution in [2.75, 3.05) is 45.1 Å². The van der Waals surface area contributed by atoms with Crippen LogP contribution in [0.5, 0.6) is 11.5 Å². The summed E-state index contributed by atoms with van der Waals surface area (Å²) in [6.07, 6.45) is 7.25. The molecule has 0 bridgehead atoms. The van der Waals surface area contributed by atoms with Crippen molar-refractivity contribution < 1.29 is 14.3 Å². The summed E-state index contributed by atoms with van der Waals surface area (Å²) in [5.41, 5.74) is 1.62. The Balaban J connectivity index is 1.27. The van der Waals surface area contributed by atoms with Gasteiger partial charge in [-0.2, -0.15) is 4.98 Å². The maximum Gasteiger partial charge on any atom is 0.244 e. The number of methoxy groups -OCH3 is 2. The molecule has 3 aromatic rings. The smallest absolute Gasteiger partial charge is 0.244 e. The number of ether oxygens (including phenoxy) is 2. The van der Waals surface area contributed by atoms with Crippen LogP contribution in [-0.4, -0.2) is 56.8 Å². The number of hydrogen-bond acceptors (Lipinski definition) is 7. The van der Waals surface area contributed by atoms with Crippen LogP contribution in [0.3, 0.4) is 0 Å². The van der Waals surface area contributed by atoms with Gasteiger partial charge in [0, 0.05) is 38.1 Å². The van der Waals surface area contributed by atoms with Crippen LogP contribution in [0.15, 0.2) is 42.5 Å². The molecule has 1 saturated carbocycles. The molecule has 0 aliphatic heterocycles. The molecule has 9 heteroatoms. The molecular formula is C28H34ClN5O3. The van der Waals surface area contributed by atoms with Gasteiger partial charge in [0.25, 0.3) is 0 Å². The largest absolute Gasteiger partial charge is 0.493 e. The fourth-order valence-corrected chi connectivity index (χ4v) is 4.96. The number of carbonyl (C=O) groups is 1. The summed E-state index contributed by atoms with van der Waals surface area (Å²) in [6, 6.07) is 11.9. The van der Waals surface area contributed by atoms with Gasteiger partial charge in [0.15, 0.2) is 11.5 Å². The molecule has 1 aromatic heterocycles. The number of para-hydroxylation sites is 1. The summed E-state index contributed by atoms with van der Waals surface area (Å²) in [7, 11) is 7.08. The van der Waals surface area contributed by atoms with Crippen LogP contribution in [0.4, 0.5) is 11.8 Å². The number of halogens is 1. The standard InChI is InChI=1S/C28H34ClN5O3/c1-34(2)27-21-7-5-6-8-22(21)32-28(33-27)31-20-13-9-18(10-14-20)17-30-24(35)16-12-19-11-15-23(36-3)26(37-4)25(19)29/h5-8,11-12,15-16,18,20H,9-10,13-14,17H2,1-4H3,(H,30,35)(H,31,32,33)/b16-12+. The van der Waals surface area contributed by atoms with Crippen LogP contribution >= 0.6 is 11.6 Å². The maximum atomic E-state index is 12.4. The van der Waals surface area contributed by atoms with E-state index in [1.54, 1.807) is 25.3 Å². The lowest BCUT2D eigenvalue weighted by Crippen LogP contribution is -2.33. The van der Waals surface area contributed by atoms with E-state index in [2.05, 4.69) is 10.6 Å². The van der Waals surface area contributed by atoms with E-state index in [-0.39, 0.29) is 5.91 Å². The summed E-state index contributed by atoms with van der Waals surface area (Å²) < 4.78 is 10.6. The highest BCUT2D eigenvalue weighted by Crippen LogP contribution is 2.37. The molecule has 8 nitrogen and oxygen atoms in total. The molecule has 0 atom stereocenters. The number of nitrogens with zero attached hydrogens (tertiary/aromatic N) is 3. The van der Waals surface area contributed by atoms with E-state index in [1.807, 2.05) is 43.3 Å². The van der Waals surface area contributed by atoms with E-state index in [4.69, 9.17) is 31.0 Å². The predicted octanol–water partition coefficient (Wildman–Crippen LogP) is 5.17. The number of aromatic nitrogens is 2. The van der Waals surface area contributed by atoms with Crippen LogP contribution in [0.25, 0.3) is 17.0 Å². The van der Waals surface area contributed by atoms with Gasteiger partial charge in [0.1, 0.15) is 5.82 Å². The van der Waals surface area contributed by atoms with Crippen LogP contribution in [-0.2, 0) is 4.79 Å². The van der Waals surface area contributed by atoms with E-state index < -0.39 is 0 Å². The fourth-order valence-electron chi connectivity index (χ4n) is 4.66. The van der Waals surface area contributed by atoms with Crippen molar-refractivity contribution in [3.05, 3.63) is 53.1 Å². The Kier molecular flexibility index (Phi) is 8.71. The maximum absolute atomic E-state index is 12.4. The molecule has 0 unspecified atom stereocenters. The average Bonchev–Trinajstić information content (AvgIpc) is 2.91. The predicted molar refractivity (Wildman–Crippen MR) is 150 cm³/mol. The highest BCUT2D eigenvalue weighted by atomic mass is 35.5. The molecule has 0 saturated heterocycles. The summed E-state index contributed by atoms with van der Waals surface area (Å²) in [4.78, 5) is 23.9. The van der Waals surface area contributed by atoms with Crippen LogP contribution in [0.1, 0.15) is 31.2 Å². The van der Waals surface area contributed by atoms with Crippen molar-refractivity contribution in [2.45, 2.75) is 31.7 Å². The van der Waals surface area contributed by atoms with Crippen molar-refractivity contribution in [1.82, 2.24) is 15.3 Å². The quantitative estimate of drug-likeness (QED) is 0.374. The third-order valence-corrected chi connectivity index (χ3v) is 7.07. The second-order valence-corrected chi connectivity index (χ2v) is 9.81. The molecule has 37 heavy (non-hydrogen) atoms.